The summed E-state index contributed by atoms with van der Waals surface area (Å²) in [5.41, 5.74) is 5.72. The van der Waals surface area contributed by atoms with E-state index in [9.17, 15) is 18.0 Å². The smallest absolute Gasteiger partial charge is 0.261 e. The fourth-order valence-electron chi connectivity index (χ4n) is 3.72. The lowest BCUT2D eigenvalue weighted by molar-refractivity contribution is -0.115. The molecule has 2 amide bonds. The van der Waals surface area contributed by atoms with E-state index >= 15 is 0 Å². The van der Waals surface area contributed by atoms with Crippen LogP contribution in [0, 0.1) is 34.6 Å². The summed E-state index contributed by atoms with van der Waals surface area (Å²) in [6, 6.07) is 15.3. The molecule has 0 unspecified atom stereocenters. The normalized spacial score (nSPS) is 11.1. The number of carbonyl (C=O) groups excluding carboxylic acids is 2. The van der Waals surface area contributed by atoms with Gasteiger partial charge in [0.2, 0.25) is 5.91 Å². The molecule has 0 fully saturated rings. The molecule has 0 atom stereocenters. The lowest BCUT2D eigenvalue weighted by Crippen LogP contribution is -2.33. The van der Waals surface area contributed by atoms with E-state index in [2.05, 4.69) is 15.4 Å². The second kappa shape index (κ2) is 10.1. The third-order valence-electron chi connectivity index (χ3n) is 5.50. The summed E-state index contributed by atoms with van der Waals surface area (Å²) in [6.07, 6.45) is 0. The van der Waals surface area contributed by atoms with Crippen LogP contribution in [0.4, 0.5) is 11.4 Å². The van der Waals surface area contributed by atoms with Gasteiger partial charge >= 0.3 is 0 Å². The van der Waals surface area contributed by atoms with E-state index in [0.29, 0.717) is 11.3 Å². The zero-order valence-electron chi connectivity index (χ0n) is 19.9. The molecule has 0 radical (unpaired) electrons. The van der Waals surface area contributed by atoms with Gasteiger partial charge < -0.3 is 10.6 Å². The van der Waals surface area contributed by atoms with Crippen LogP contribution in [0.3, 0.4) is 0 Å². The first-order valence-corrected chi connectivity index (χ1v) is 12.3. The Kier molecular flexibility index (Phi) is 7.41. The Morgan fingerprint density at radius 3 is 2.09 bits per heavy atom. The highest BCUT2D eigenvalue weighted by atomic mass is 32.2. The van der Waals surface area contributed by atoms with Gasteiger partial charge in [-0.25, -0.2) is 8.42 Å². The molecule has 3 N–H and O–H groups in total. The minimum Gasteiger partial charge on any atom is -0.343 e. The Morgan fingerprint density at radius 1 is 0.794 bits per heavy atom. The van der Waals surface area contributed by atoms with Crippen molar-refractivity contribution in [3.63, 3.8) is 0 Å². The molecular weight excluding hydrogens is 450 g/mol. The molecule has 178 valence electrons. The van der Waals surface area contributed by atoms with Gasteiger partial charge in [-0.3, -0.25) is 14.3 Å². The number of hydrogen-bond donors (Lipinski definition) is 3. The van der Waals surface area contributed by atoms with Gasteiger partial charge in [0.15, 0.2) is 0 Å². The van der Waals surface area contributed by atoms with Crippen molar-refractivity contribution in [1.29, 1.82) is 0 Å². The van der Waals surface area contributed by atoms with E-state index in [-0.39, 0.29) is 22.9 Å². The Morgan fingerprint density at radius 2 is 1.44 bits per heavy atom. The molecule has 3 rings (SSSR count). The fourth-order valence-corrected chi connectivity index (χ4v) is 4.88. The van der Waals surface area contributed by atoms with Crippen molar-refractivity contribution in [2.75, 3.05) is 16.6 Å². The number of nitrogens with one attached hydrogen (secondary N) is 3. The molecule has 0 aliphatic heterocycles. The summed E-state index contributed by atoms with van der Waals surface area (Å²) in [4.78, 5) is 25.2. The van der Waals surface area contributed by atoms with Crippen molar-refractivity contribution in [3.8, 4) is 0 Å². The van der Waals surface area contributed by atoms with E-state index < -0.39 is 15.9 Å². The number of carbonyl (C=O) groups is 2. The lowest BCUT2D eigenvalue weighted by Gasteiger charge is -2.14. The van der Waals surface area contributed by atoms with Crippen molar-refractivity contribution < 1.29 is 18.0 Å². The van der Waals surface area contributed by atoms with Crippen LogP contribution in [0.15, 0.2) is 59.5 Å². The van der Waals surface area contributed by atoms with E-state index in [4.69, 9.17) is 0 Å². The third kappa shape index (κ3) is 5.82. The average Bonchev–Trinajstić information content (AvgIpc) is 2.76. The first-order valence-electron chi connectivity index (χ1n) is 10.8. The summed E-state index contributed by atoms with van der Waals surface area (Å²) in [5.74, 6) is -0.899. The number of para-hydroxylation sites is 1. The monoisotopic (exact) mass is 479 g/mol. The quantitative estimate of drug-likeness (QED) is 0.467. The zero-order chi connectivity index (χ0) is 25.0. The van der Waals surface area contributed by atoms with Gasteiger partial charge in [0.05, 0.1) is 17.1 Å². The van der Waals surface area contributed by atoms with Gasteiger partial charge in [-0.2, -0.15) is 0 Å². The number of hydrogen-bond acceptors (Lipinski definition) is 4. The molecule has 0 aliphatic carbocycles. The Balaban J connectivity index is 1.72. The number of amides is 2. The minimum atomic E-state index is -3.90. The molecule has 0 heterocycles. The molecule has 0 saturated heterocycles. The SMILES string of the molecule is Cc1cc(C)c(NC(=O)CNC(=O)c2cc(S(=O)(=O)Nc3ccccc3C)ccc2C)c(C)c1. The average molecular weight is 480 g/mol. The predicted molar refractivity (Wildman–Crippen MR) is 135 cm³/mol. The molecule has 34 heavy (non-hydrogen) atoms. The topological polar surface area (TPSA) is 104 Å². The van der Waals surface area contributed by atoms with Crippen molar-refractivity contribution in [1.82, 2.24) is 5.32 Å². The van der Waals surface area contributed by atoms with Crippen LogP contribution in [0.1, 0.15) is 38.2 Å². The van der Waals surface area contributed by atoms with Gasteiger partial charge in [0.1, 0.15) is 0 Å². The standard InChI is InChI=1S/C26H29N3O4S/c1-16-12-19(4)25(20(5)13-16)28-24(30)15-27-26(31)22-14-21(11-10-17(22)2)34(32,33)29-23-9-7-6-8-18(23)3/h6-14,29H,15H2,1-5H3,(H,27,31)(H,28,30). The van der Waals surface area contributed by atoms with Gasteiger partial charge in [-0.05, 0) is 75.1 Å². The fraction of sp³-hybridized carbons (Fsp3) is 0.231. The van der Waals surface area contributed by atoms with Crippen LogP contribution < -0.4 is 15.4 Å². The van der Waals surface area contributed by atoms with Gasteiger partial charge in [-0.1, -0.05) is 42.0 Å². The first-order chi connectivity index (χ1) is 16.0. The summed E-state index contributed by atoms with van der Waals surface area (Å²) < 4.78 is 28.3. The van der Waals surface area contributed by atoms with Crippen LogP contribution in [-0.2, 0) is 14.8 Å². The predicted octanol–water partition coefficient (Wildman–Crippen LogP) is 4.40. The molecule has 0 aromatic heterocycles. The molecule has 8 heteroatoms. The van der Waals surface area contributed by atoms with E-state index in [1.54, 1.807) is 38.1 Å². The lowest BCUT2D eigenvalue weighted by atomic mass is 10.1. The summed E-state index contributed by atoms with van der Waals surface area (Å²) in [6.45, 7) is 9.07. The van der Waals surface area contributed by atoms with Crippen molar-refractivity contribution in [2.45, 2.75) is 39.5 Å². The van der Waals surface area contributed by atoms with Crippen molar-refractivity contribution in [3.05, 3.63) is 88.0 Å². The number of aryl methyl sites for hydroxylation is 5. The van der Waals surface area contributed by atoms with Gasteiger partial charge in [0.25, 0.3) is 15.9 Å². The molecule has 3 aromatic rings. The zero-order valence-corrected chi connectivity index (χ0v) is 20.8. The highest BCUT2D eigenvalue weighted by molar-refractivity contribution is 7.92. The van der Waals surface area contributed by atoms with E-state index in [0.717, 1.165) is 27.9 Å². The maximum absolute atomic E-state index is 12.9. The molecule has 3 aromatic carbocycles. The largest absolute Gasteiger partial charge is 0.343 e. The van der Waals surface area contributed by atoms with Crippen LogP contribution in [0.25, 0.3) is 0 Å². The maximum Gasteiger partial charge on any atom is 0.261 e. The van der Waals surface area contributed by atoms with Crippen LogP contribution >= 0.6 is 0 Å². The molecule has 0 spiro atoms. The first kappa shape index (κ1) is 25.0. The van der Waals surface area contributed by atoms with Gasteiger partial charge in [0, 0.05) is 11.3 Å². The molecule has 0 aliphatic rings. The maximum atomic E-state index is 12.9. The number of anilines is 2. The highest BCUT2D eigenvalue weighted by Gasteiger charge is 2.19. The number of benzene rings is 3. The summed E-state index contributed by atoms with van der Waals surface area (Å²) in [5, 5.41) is 5.42. The molecule has 0 bridgehead atoms. The number of rotatable bonds is 7. The second-order valence-corrected chi connectivity index (χ2v) is 10.1. The van der Waals surface area contributed by atoms with Crippen LogP contribution in [0.2, 0.25) is 0 Å². The minimum absolute atomic E-state index is 0.0399. The summed E-state index contributed by atoms with van der Waals surface area (Å²) in [7, 11) is -3.90. The van der Waals surface area contributed by atoms with Crippen LogP contribution in [-0.4, -0.2) is 26.8 Å². The van der Waals surface area contributed by atoms with E-state index in [1.807, 2.05) is 39.0 Å². The van der Waals surface area contributed by atoms with Crippen molar-refractivity contribution >= 4 is 33.2 Å². The highest BCUT2D eigenvalue weighted by Crippen LogP contribution is 2.23. The number of sulfonamides is 1. The molecule has 0 saturated carbocycles. The van der Waals surface area contributed by atoms with Crippen molar-refractivity contribution in [2.24, 2.45) is 0 Å². The summed E-state index contributed by atoms with van der Waals surface area (Å²) >= 11 is 0. The Bertz CT molecular complexity index is 1340. The van der Waals surface area contributed by atoms with Gasteiger partial charge in [-0.15, -0.1) is 0 Å². The second-order valence-electron chi connectivity index (χ2n) is 8.40. The Labute approximate surface area is 200 Å². The van der Waals surface area contributed by atoms with E-state index in [1.165, 1.54) is 12.1 Å². The Hall–Kier alpha value is -3.65. The van der Waals surface area contributed by atoms with Crippen LogP contribution in [0.5, 0.6) is 0 Å². The molecular formula is C26H29N3O4S. The third-order valence-corrected chi connectivity index (χ3v) is 6.87. The molecule has 7 nitrogen and oxygen atoms in total.